The number of benzene rings is 3. The molecule has 0 spiro atoms. The first kappa shape index (κ1) is 22.8. The van der Waals surface area contributed by atoms with Gasteiger partial charge >= 0.3 is 0 Å². The maximum absolute atomic E-state index is 11.4. The highest BCUT2D eigenvalue weighted by molar-refractivity contribution is 5.75. The summed E-state index contributed by atoms with van der Waals surface area (Å²) >= 11 is 0. The van der Waals surface area contributed by atoms with Crippen LogP contribution in [-0.4, -0.2) is 5.11 Å². The lowest BCUT2D eigenvalue weighted by Gasteiger charge is -2.18. The molecule has 0 fully saturated rings. The molecule has 3 aromatic carbocycles. The molecule has 0 aliphatic heterocycles. The van der Waals surface area contributed by atoms with Crippen molar-refractivity contribution in [1.82, 2.24) is 0 Å². The second-order valence-corrected chi connectivity index (χ2v) is 8.51. The lowest BCUT2D eigenvalue weighted by molar-refractivity contribution is 0.238. The van der Waals surface area contributed by atoms with E-state index in [4.69, 9.17) is 0 Å². The number of aryl methyl sites for hydroxylation is 3. The quantitative estimate of drug-likeness (QED) is 0.373. The lowest BCUT2D eigenvalue weighted by atomic mass is 9.91. The summed E-state index contributed by atoms with van der Waals surface area (Å²) in [6, 6.07) is 25.2. The van der Waals surface area contributed by atoms with Crippen LogP contribution < -0.4 is 0 Å². The predicted octanol–water partition coefficient (Wildman–Crippen LogP) is 8.00. The van der Waals surface area contributed by atoms with Crippen LogP contribution in [0.4, 0.5) is 0 Å². The Bertz CT molecular complexity index is 1020. The van der Waals surface area contributed by atoms with Gasteiger partial charge in [0.15, 0.2) is 0 Å². The molecule has 1 unspecified atom stereocenters. The molecule has 1 atom stereocenters. The van der Waals surface area contributed by atoms with Crippen LogP contribution in [0.5, 0.6) is 0 Å². The fourth-order valence-corrected chi connectivity index (χ4v) is 3.64. The van der Waals surface area contributed by atoms with Crippen molar-refractivity contribution in [3.8, 4) is 0 Å². The van der Waals surface area contributed by atoms with Crippen LogP contribution >= 0.6 is 0 Å². The van der Waals surface area contributed by atoms with Crippen LogP contribution in [0.2, 0.25) is 0 Å². The summed E-state index contributed by atoms with van der Waals surface area (Å²) in [6.45, 7) is 8.49. The Morgan fingerprint density at radius 2 is 1.29 bits per heavy atom. The lowest BCUT2D eigenvalue weighted by Crippen LogP contribution is -2.02. The number of aliphatic hydroxyl groups excluding tert-OH is 1. The van der Waals surface area contributed by atoms with Crippen molar-refractivity contribution in [2.75, 3.05) is 0 Å². The second-order valence-electron chi connectivity index (χ2n) is 8.51. The van der Waals surface area contributed by atoms with E-state index in [0.29, 0.717) is 0 Å². The van der Waals surface area contributed by atoms with Gasteiger partial charge in [-0.05, 0) is 61.4 Å². The molecule has 1 nitrogen and oxygen atoms in total. The summed E-state index contributed by atoms with van der Waals surface area (Å²) in [6.07, 6.45) is 7.03. The average Bonchev–Trinajstić information content (AvgIpc) is 2.78. The van der Waals surface area contributed by atoms with Gasteiger partial charge in [-0.15, -0.1) is 0 Å². The van der Waals surface area contributed by atoms with E-state index in [2.05, 4.69) is 101 Å². The topological polar surface area (TPSA) is 20.2 Å². The number of hydrogen-bond donors (Lipinski definition) is 1. The molecule has 0 bridgehead atoms. The van der Waals surface area contributed by atoms with Gasteiger partial charge in [-0.2, -0.15) is 0 Å². The third-order valence-corrected chi connectivity index (χ3v) is 5.66. The summed E-state index contributed by atoms with van der Waals surface area (Å²) in [7, 11) is 0. The molecule has 0 radical (unpaired) electrons. The van der Waals surface area contributed by atoms with Crippen molar-refractivity contribution < 1.29 is 5.11 Å². The molecular formula is C30H34O. The molecule has 0 saturated heterocycles. The largest absolute Gasteiger partial charge is 0.384 e. The fraction of sp³-hybridized carbons (Fsp3) is 0.267. The normalized spacial score (nSPS) is 13.3. The monoisotopic (exact) mass is 410 g/mol. The first-order valence-electron chi connectivity index (χ1n) is 11.3. The molecule has 3 aromatic rings. The highest BCUT2D eigenvalue weighted by Gasteiger charge is 2.16. The molecule has 31 heavy (non-hydrogen) atoms. The minimum absolute atomic E-state index is 0.675. The van der Waals surface area contributed by atoms with Gasteiger partial charge in [-0.25, -0.2) is 0 Å². The summed E-state index contributed by atoms with van der Waals surface area (Å²) in [5.41, 5.74) is 9.03. The minimum Gasteiger partial charge on any atom is -0.384 e. The Hall–Kier alpha value is -2.90. The van der Waals surface area contributed by atoms with Crippen molar-refractivity contribution in [1.29, 1.82) is 0 Å². The maximum Gasteiger partial charge on any atom is 0.105 e. The van der Waals surface area contributed by atoms with Crippen LogP contribution in [0, 0.1) is 20.8 Å². The van der Waals surface area contributed by atoms with Gasteiger partial charge in [0.1, 0.15) is 6.10 Å². The molecule has 1 heteroatoms. The molecule has 0 aromatic heterocycles. The summed E-state index contributed by atoms with van der Waals surface area (Å²) in [5, 5.41) is 11.4. The van der Waals surface area contributed by atoms with Crippen LogP contribution in [0.1, 0.15) is 65.7 Å². The summed E-state index contributed by atoms with van der Waals surface area (Å²) in [4.78, 5) is 0. The van der Waals surface area contributed by atoms with E-state index in [0.717, 1.165) is 36.0 Å². The second kappa shape index (κ2) is 10.9. The van der Waals surface area contributed by atoms with E-state index in [9.17, 15) is 5.11 Å². The van der Waals surface area contributed by atoms with Crippen LogP contribution in [0.25, 0.3) is 11.6 Å². The van der Waals surface area contributed by atoms with E-state index < -0.39 is 6.10 Å². The molecule has 0 aliphatic rings. The molecule has 0 saturated carbocycles. The standard InChI is InChI=1S/C30H34O/c1-5-6-7-26(20-25-14-8-22(2)9-15-25)21-29(27-16-10-23(3)11-17-27)30(31)28-18-12-24(4)13-19-28/h8-21,30-31H,5-7H2,1-4H3/b26-20+,29-21+. The molecule has 3 rings (SSSR count). The zero-order valence-electron chi connectivity index (χ0n) is 19.2. The van der Waals surface area contributed by atoms with Gasteiger partial charge in [-0.3, -0.25) is 0 Å². The Labute approximate surface area is 187 Å². The average molecular weight is 411 g/mol. The van der Waals surface area contributed by atoms with E-state index in [1.54, 1.807) is 0 Å². The summed E-state index contributed by atoms with van der Waals surface area (Å²) in [5.74, 6) is 0. The zero-order chi connectivity index (χ0) is 22.2. The smallest absolute Gasteiger partial charge is 0.105 e. The van der Waals surface area contributed by atoms with Crippen LogP contribution in [-0.2, 0) is 0 Å². The van der Waals surface area contributed by atoms with Gasteiger partial charge in [0, 0.05) is 0 Å². The third kappa shape index (κ3) is 6.54. The molecule has 1 N–H and O–H groups in total. The first-order chi connectivity index (χ1) is 15.0. The first-order valence-corrected chi connectivity index (χ1v) is 11.3. The van der Waals surface area contributed by atoms with Gasteiger partial charge in [0.05, 0.1) is 0 Å². The molecule has 0 heterocycles. The molecule has 160 valence electrons. The fourth-order valence-electron chi connectivity index (χ4n) is 3.64. The van der Waals surface area contributed by atoms with Crippen molar-refractivity contribution in [3.63, 3.8) is 0 Å². The number of unbranched alkanes of at least 4 members (excludes halogenated alkanes) is 1. The van der Waals surface area contributed by atoms with Crippen molar-refractivity contribution in [2.24, 2.45) is 0 Å². The highest BCUT2D eigenvalue weighted by Crippen LogP contribution is 2.33. The SMILES string of the molecule is CCCCC(=C\c1ccc(C)cc1)/C=C(\c1ccc(C)cc1)C(O)c1ccc(C)cc1. The van der Waals surface area contributed by atoms with E-state index in [1.807, 2.05) is 12.1 Å². The Morgan fingerprint density at radius 1 is 0.774 bits per heavy atom. The predicted molar refractivity (Wildman–Crippen MR) is 134 cm³/mol. The number of allylic oxidation sites excluding steroid dienone is 2. The highest BCUT2D eigenvalue weighted by atomic mass is 16.3. The maximum atomic E-state index is 11.4. The molecule has 0 amide bonds. The zero-order valence-corrected chi connectivity index (χ0v) is 19.2. The minimum atomic E-state index is -0.675. The van der Waals surface area contributed by atoms with E-state index in [-0.39, 0.29) is 0 Å². The molecular weight excluding hydrogens is 376 g/mol. The summed E-state index contributed by atoms with van der Waals surface area (Å²) < 4.78 is 0. The number of aliphatic hydroxyl groups is 1. The van der Waals surface area contributed by atoms with Gasteiger partial charge in [0.25, 0.3) is 0 Å². The Morgan fingerprint density at radius 3 is 1.84 bits per heavy atom. The number of rotatable bonds is 8. The third-order valence-electron chi connectivity index (χ3n) is 5.66. The van der Waals surface area contributed by atoms with E-state index in [1.165, 1.54) is 27.8 Å². The van der Waals surface area contributed by atoms with Crippen molar-refractivity contribution >= 4 is 11.6 Å². The van der Waals surface area contributed by atoms with Gasteiger partial charge in [0.2, 0.25) is 0 Å². The number of hydrogen-bond acceptors (Lipinski definition) is 1. The van der Waals surface area contributed by atoms with Crippen molar-refractivity contribution in [3.05, 3.63) is 118 Å². The van der Waals surface area contributed by atoms with Gasteiger partial charge < -0.3 is 5.11 Å². The van der Waals surface area contributed by atoms with Crippen LogP contribution in [0.15, 0.2) is 84.4 Å². The van der Waals surface area contributed by atoms with Gasteiger partial charge in [-0.1, -0.05) is 115 Å². The molecule has 0 aliphatic carbocycles. The van der Waals surface area contributed by atoms with Crippen LogP contribution in [0.3, 0.4) is 0 Å². The van der Waals surface area contributed by atoms with Crippen molar-refractivity contribution in [2.45, 2.75) is 53.1 Å². The Kier molecular flexibility index (Phi) is 8.03. The van der Waals surface area contributed by atoms with E-state index >= 15 is 0 Å². The Balaban J connectivity index is 2.07.